The van der Waals surface area contributed by atoms with Crippen molar-refractivity contribution in [1.29, 1.82) is 0 Å². The minimum absolute atomic E-state index is 0.0840. The molecule has 9 nitrogen and oxygen atoms in total. The van der Waals surface area contributed by atoms with Crippen LogP contribution in [0.1, 0.15) is 35.4 Å². The molecule has 0 bridgehead atoms. The summed E-state index contributed by atoms with van der Waals surface area (Å²) >= 11 is 0. The lowest BCUT2D eigenvalue weighted by atomic mass is 9.96. The van der Waals surface area contributed by atoms with E-state index in [1.165, 1.54) is 0 Å². The summed E-state index contributed by atoms with van der Waals surface area (Å²) in [5.74, 6) is -1.63. The summed E-state index contributed by atoms with van der Waals surface area (Å²) in [4.78, 5) is 33.1. The van der Waals surface area contributed by atoms with E-state index in [2.05, 4.69) is 9.47 Å². The number of nitrogens with zero attached hydrogens (tertiary/aromatic N) is 1. The third-order valence-electron chi connectivity index (χ3n) is 3.02. The summed E-state index contributed by atoms with van der Waals surface area (Å²) in [6.07, 6.45) is -3.65. The van der Waals surface area contributed by atoms with Crippen molar-refractivity contribution in [1.82, 2.24) is 0 Å². The quantitative estimate of drug-likeness (QED) is 0.425. The van der Waals surface area contributed by atoms with Gasteiger partial charge in [0.05, 0.1) is 36.7 Å². The van der Waals surface area contributed by atoms with E-state index >= 15 is 0 Å². The first-order valence-corrected chi connectivity index (χ1v) is 6.70. The monoisotopic (exact) mass is 327 g/mol. The zero-order valence-corrected chi connectivity index (χ0v) is 12.6. The number of ether oxygens (including phenoxy) is 2. The molecule has 0 saturated heterocycles. The molecule has 9 heteroatoms. The Labute approximate surface area is 131 Å². The Morgan fingerprint density at radius 1 is 1.35 bits per heavy atom. The Kier molecular flexibility index (Phi) is 6.61. The van der Waals surface area contributed by atoms with E-state index in [-0.39, 0.29) is 23.4 Å². The summed E-state index contributed by atoms with van der Waals surface area (Å²) in [7, 11) is 1.08. The van der Waals surface area contributed by atoms with Crippen molar-refractivity contribution in [2.75, 3.05) is 13.7 Å². The third kappa shape index (κ3) is 4.73. The van der Waals surface area contributed by atoms with E-state index in [0.29, 0.717) is 0 Å². The summed E-state index contributed by atoms with van der Waals surface area (Å²) in [5, 5.41) is 30.8. The van der Waals surface area contributed by atoms with E-state index in [9.17, 15) is 29.9 Å². The van der Waals surface area contributed by atoms with Crippen molar-refractivity contribution in [3.63, 3.8) is 0 Å². The highest BCUT2D eigenvalue weighted by atomic mass is 16.6. The normalized spacial score (nSPS) is 13.0. The lowest BCUT2D eigenvalue weighted by Crippen LogP contribution is -2.25. The number of methoxy groups -OCH3 is 1. The topological polar surface area (TPSA) is 136 Å². The molecule has 2 unspecified atom stereocenters. The van der Waals surface area contributed by atoms with Gasteiger partial charge in [-0.1, -0.05) is 0 Å². The first kappa shape index (κ1) is 18.5. The second-order valence-corrected chi connectivity index (χ2v) is 4.54. The molecule has 0 spiro atoms. The van der Waals surface area contributed by atoms with Gasteiger partial charge in [-0.05, 0) is 18.6 Å². The van der Waals surface area contributed by atoms with Gasteiger partial charge in [0.2, 0.25) is 0 Å². The first-order chi connectivity index (χ1) is 10.8. The van der Waals surface area contributed by atoms with Gasteiger partial charge in [-0.3, -0.25) is 14.9 Å². The molecule has 0 aliphatic rings. The van der Waals surface area contributed by atoms with Crippen LogP contribution in [0.2, 0.25) is 0 Å². The molecule has 1 rings (SSSR count). The molecule has 0 aromatic heterocycles. The van der Waals surface area contributed by atoms with Crippen molar-refractivity contribution in [3.05, 3.63) is 39.4 Å². The van der Waals surface area contributed by atoms with Crippen LogP contribution in [0.4, 0.5) is 5.69 Å². The maximum Gasteiger partial charge on any atom is 0.338 e. The van der Waals surface area contributed by atoms with Crippen molar-refractivity contribution in [2.45, 2.75) is 25.6 Å². The number of nitro groups is 1. The molecule has 0 amide bonds. The van der Waals surface area contributed by atoms with Crippen LogP contribution in [0.3, 0.4) is 0 Å². The molecule has 2 atom stereocenters. The maximum atomic E-state index is 11.7. The van der Waals surface area contributed by atoms with E-state index < -0.39 is 35.5 Å². The van der Waals surface area contributed by atoms with Gasteiger partial charge in [0, 0.05) is 12.1 Å². The molecule has 0 aliphatic carbocycles. The fraction of sp³-hybridized carbons (Fsp3) is 0.429. The lowest BCUT2D eigenvalue weighted by Gasteiger charge is -2.19. The highest BCUT2D eigenvalue weighted by Gasteiger charge is 2.28. The summed E-state index contributed by atoms with van der Waals surface area (Å²) in [6, 6.07) is 3.13. The number of rotatable bonds is 7. The summed E-state index contributed by atoms with van der Waals surface area (Å²) < 4.78 is 9.17. The molecule has 1 aromatic rings. The molecule has 2 N–H and O–H groups in total. The van der Waals surface area contributed by atoms with Crippen molar-refractivity contribution >= 4 is 17.6 Å². The van der Waals surface area contributed by atoms with E-state index in [1.54, 1.807) is 6.92 Å². The van der Waals surface area contributed by atoms with E-state index in [4.69, 9.17) is 0 Å². The largest absolute Gasteiger partial charge is 0.466 e. The number of carbonyl (C=O) groups excluding carboxylic acids is 2. The SMILES string of the molecule is CCOC(=O)CC(O)C(O)c1ccc([N+](=O)[O-])cc1C(=O)OC. The first-order valence-electron chi connectivity index (χ1n) is 6.70. The lowest BCUT2D eigenvalue weighted by molar-refractivity contribution is -0.384. The van der Waals surface area contributed by atoms with Gasteiger partial charge in [0.25, 0.3) is 5.69 Å². The summed E-state index contributed by atoms with van der Waals surface area (Å²) in [5.41, 5.74) is -0.724. The van der Waals surface area contributed by atoms with Gasteiger partial charge in [-0.2, -0.15) is 0 Å². The average molecular weight is 327 g/mol. The number of nitro benzene ring substituents is 1. The van der Waals surface area contributed by atoms with Crippen molar-refractivity contribution < 1.29 is 34.2 Å². The second-order valence-electron chi connectivity index (χ2n) is 4.54. The van der Waals surface area contributed by atoms with Crippen LogP contribution in [0.15, 0.2) is 18.2 Å². The maximum absolute atomic E-state index is 11.7. The fourth-order valence-corrected chi connectivity index (χ4v) is 1.91. The van der Waals surface area contributed by atoms with Crippen LogP contribution < -0.4 is 0 Å². The van der Waals surface area contributed by atoms with E-state index in [1.807, 2.05) is 0 Å². The Bertz CT molecular complexity index is 600. The molecule has 0 saturated carbocycles. The van der Waals surface area contributed by atoms with Crippen LogP contribution in [-0.4, -0.2) is 46.9 Å². The van der Waals surface area contributed by atoms with Crippen LogP contribution in [-0.2, 0) is 14.3 Å². The predicted octanol–water partition coefficient (Wildman–Crippen LogP) is 0.729. The standard InChI is InChI=1S/C14H17NO8/c1-3-23-12(17)7-11(16)13(18)9-5-4-8(15(20)21)6-10(9)14(19)22-2/h4-6,11,13,16,18H,3,7H2,1-2H3. The van der Waals surface area contributed by atoms with Crippen molar-refractivity contribution in [3.8, 4) is 0 Å². The number of aliphatic hydroxyl groups excluding tert-OH is 2. The fourth-order valence-electron chi connectivity index (χ4n) is 1.91. The highest BCUT2D eigenvalue weighted by molar-refractivity contribution is 5.92. The molecule has 0 radical (unpaired) electrons. The van der Waals surface area contributed by atoms with Gasteiger partial charge >= 0.3 is 11.9 Å². The Balaban J connectivity index is 3.11. The molecular formula is C14H17NO8. The minimum Gasteiger partial charge on any atom is -0.466 e. The smallest absolute Gasteiger partial charge is 0.338 e. The number of carbonyl (C=O) groups is 2. The van der Waals surface area contributed by atoms with Gasteiger partial charge in [-0.25, -0.2) is 4.79 Å². The van der Waals surface area contributed by atoms with Crippen LogP contribution in [0.25, 0.3) is 0 Å². The molecule has 126 valence electrons. The van der Waals surface area contributed by atoms with Gasteiger partial charge in [0.15, 0.2) is 0 Å². The second kappa shape index (κ2) is 8.20. The van der Waals surface area contributed by atoms with Crippen LogP contribution in [0, 0.1) is 10.1 Å². The molecule has 23 heavy (non-hydrogen) atoms. The zero-order valence-electron chi connectivity index (χ0n) is 12.6. The van der Waals surface area contributed by atoms with Crippen LogP contribution in [0.5, 0.6) is 0 Å². The van der Waals surface area contributed by atoms with Crippen LogP contribution >= 0.6 is 0 Å². The Hall–Kier alpha value is -2.52. The number of aliphatic hydroxyl groups is 2. The highest BCUT2D eigenvalue weighted by Crippen LogP contribution is 2.27. The van der Waals surface area contributed by atoms with Gasteiger partial charge < -0.3 is 19.7 Å². The third-order valence-corrected chi connectivity index (χ3v) is 3.02. The zero-order chi connectivity index (χ0) is 17.6. The Morgan fingerprint density at radius 3 is 2.52 bits per heavy atom. The minimum atomic E-state index is -1.62. The number of non-ortho nitro benzene ring substituents is 1. The molecule has 0 fully saturated rings. The number of esters is 2. The average Bonchev–Trinajstić information content (AvgIpc) is 2.52. The predicted molar refractivity (Wildman–Crippen MR) is 76.7 cm³/mol. The molecular weight excluding hydrogens is 310 g/mol. The summed E-state index contributed by atoms with van der Waals surface area (Å²) in [6.45, 7) is 1.71. The number of hydrogen-bond acceptors (Lipinski definition) is 8. The van der Waals surface area contributed by atoms with E-state index in [0.717, 1.165) is 25.3 Å². The number of benzene rings is 1. The van der Waals surface area contributed by atoms with Crippen molar-refractivity contribution in [2.24, 2.45) is 0 Å². The number of hydrogen-bond donors (Lipinski definition) is 2. The molecule has 0 heterocycles. The Morgan fingerprint density at radius 2 is 2.00 bits per heavy atom. The molecule has 0 aliphatic heterocycles. The van der Waals surface area contributed by atoms with Gasteiger partial charge in [-0.15, -0.1) is 0 Å². The molecule has 1 aromatic carbocycles. The van der Waals surface area contributed by atoms with Gasteiger partial charge in [0.1, 0.15) is 6.10 Å².